The first kappa shape index (κ1) is 41.8. The number of aliphatic carboxylic acids is 2. The van der Waals surface area contributed by atoms with Gasteiger partial charge in [0.2, 0.25) is 11.9 Å². The van der Waals surface area contributed by atoms with Crippen LogP contribution in [-0.2, 0) is 27.2 Å². The number of carboxylic acid groups (broad SMARTS) is 2. The summed E-state index contributed by atoms with van der Waals surface area (Å²) in [5.74, 6) is -4.15. The molecule has 0 radical (unpaired) electrons. The van der Waals surface area contributed by atoms with Crippen LogP contribution >= 0.6 is 11.6 Å². The van der Waals surface area contributed by atoms with Crippen molar-refractivity contribution in [2.75, 3.05) is 29.0 Å². The number of alkyl halides is 6. The van der Waals surface area contributed by atoms with Crippen molar-refractivity contribution in [2.24, 2.45) is 5.92 Å². The van der Waals surface area contributed by atoms with E-state index < -0.39 is 24.3 Å². The van der Waals surface area contributed by atoms with E-state index in [0.717, 1.165) is 53.0 Å². The van der Waals surface area contributed by atoms with Crippen LogP contribution in [-0.4, -0.2) is 79.3 Å². The van der Waals surface area contributed by atoms with Crippen LogP contribution in [0.2, 0.25) is 5.02 Å². The molecule has 0 atom stereocenters. The fourth-order valence-corrected chi connectivity index (χ4v) is 5.43. The first-order chi connectivity index (χ1) is 25.8. The summed E-state index contributed by atoms with van der Waals surface area (Å²) >= 11 is 6.37. The number of anilines is 5. The van der Waals surface area contributed by atoms with Crippen LogP contribution in [0, 0.1) is 12.8 Å². The van der Waals surface area contributed by atoms with E-state index >= 15 is 0 Å². The molecule has 5 heterocycles. The first-order valence-corrected chi connectivity index (χ1v) is 16.5. The van der Waals surface area contributed by atoms with Crippen molar-refractivity contribution in [1.82, 2.24) is 19.9 Å². The third-order valence-corrected chi connectivity index (χ3v) is 8.31. The van der Waals surface area contributed by atoms with Gasteiger partial charge in [0.15, 0.2) is 11.6 Å². The predicted octanol–water partition coefficient (Wildman–Crippen LogP) is 7.16. The number of nitrogens with zero attached hydrogens (tertiary/aromatic N) is 4. The van der Waals surface area contributed by atoms with Gasteiger partial charge >= 0.3 is 24.3 Å². The summed E-state index contributed by atoms with van der Waals surface area (Å²) in [4.78, 5) is 58.7. The average molecular weight is 800 g/mol. The van der Waals surface area contributed by atoms with Crippen LogP contribution in [0.25, 0.3) is 0 Å². The van der Waals surface area contributed by atoms with Crippen molar-refractivity contribution < 1.29 is 60.2 Å². The van der Waals surface area contributed by atoms with Crippen molar-refractivity contribution in [3.8, 4) is 0 Å². The predicted molar refractivity (Wildman–Crippen MR) is 184 cm³/mol. The fraction of sp³-hybridized carbons (Fsp3) is 0.324. The molecule has 5 N–H and O–H groups in total. The standard InChI is InChI=1S/C30H30ClN7O3.2C2HF3O2/c1-18-8-11-41-27(18)29(40)38-9-6-19(7-10-38)13-26(39)36-25-5-4-22-14-21(25)3-2-20-12-23(16-32-15-20)35-30-33-17-24(31)28(34-22)37-30;2*3-2(4,5)1(6)7/h4-5,8,11-12,14-17,19H,2-3,6-7,9-10,13H2,1H3,(H,36,39)(H2,33,34,35,37);2*(H,6,7). The van der Waals surface area contributed by atoms with Gasteiger partial charge in [-0.25, -0.2) is 14.6 Å². The highest BCUT2D eigenvalue weighted by Gasteiger charge is 2.39. The molecule has 6 rings (SSSR count). The maximum Gasteiger partial charge on any atom is 0.490 e. The van der Waals surface area contributed by atoms with Gasteiger partial charge in [0.05, 0.1) is 24.3 Å². The maximum absolute atomic E-state index is 13.2. The van der Waals surface area contributed by atoms with Crippen LogP contribution < -0.4 is 16.0 Å². The number of rotatable bonds is 4. The number of halogens is 7. The Morgan fingerprint density at radius 3 is 2.18 bits per heavy atom. The number of benzene rings is 1. The number of carbonyl (C=O) groups is 4. The summed E-state index contributed by atoms with van der Waals surface area (Å²) in [7, 11) is 0. The average Bonchev–Trinajstić information content (AvgIpc) is 3.55. The minimum absolute atomic E-state index is 0.0344. The molecule has 0 unspecified atom stereocenters. The summed E-state index contributed by atoms with van der Waals surface area (Å²) in [6.07, 6.45) is -0.152. The highest BCUT2D eigenvalue weighted by molar-refractivity contribution is 6.32. The van der Waals surface area contributed by atoms with Crippen molar-refractivity contribution in [2.45, 2.75) is 51.4 Å². The van der Waals surface area contributed by atoms with Gasteiger partial charge in [-0.3, -0.25) is 14.6 Å². The Morgan fingerprint density at radius 2 is 1.58 bits per heavy atom. The molecule has 0 aliphatic carbocycles. The minimum Gasteiger partial charge on any atom is -0.475 e. The molecule has 3 aromatic heterocycles. The van der Waals surface area contributed by atoms with E-state index in [9.17, 15) is 35.9 Å². The van der Waals surface area contributed by atoms with Crippen molar-refractivity contribution in [3.63, 3.8) is 0 Å². The molecular weight excluding hydrogens is 768 g/mol. The molecule has 1 aromatic carbocycles. The van der Waals surface area contributed by atoms with E-state index in [1.54, 1.807) is 24.7 Å². The molecule has 1 fully saturated rings. The monoisotopic (exact) mass is 799 g/mol. The second kappa shape index (κ2) is 17.9. The van der Waals surface area contributed by atoms with Crippen molar-refractivity contribution in [1.29, 1.82) is 0 Å². The van der Waals surface area contributed by atoms with E-state index in [2.05, 4.69) is 30.9 Å². The number of furan rings is 1. The van der Waals surface area contributed by atoms with Gasteiger partial charge in [-0.1, -0.05) is 11.6 Å². The second-order valence-electron chi connectivity index (χ2n) is 12.1. The number of aromatic nitrogens is 3. The number of pyridine rings is 1. The highest BCUT2D eigenvalue weighted by Crippen LogP contribution is 2.30. The number of carboxylic acids is 2. The molecule has 0 spiro atoms. The SMILES string of the molecule is Cc1ccoc1C(=O)N1CCC(CC(=O)Nc2ccc3cc2CCc2cncc(c2)Nc2ncc(Cl)c(n2)N3)CC1.O=C(O)C(F)(F)F.O=C(O)C(F)(F)F. The molecule has 0 saturated carbocycles. The number of aryl methyl sites for hydroxylation is 3. The van der Waals surface area contributed by atoms with Crippen molar-refractivity contribution in [3.05, 3.63) is 82.7 Å². The van der Waals surface area contributed by atoms with Gasteiger partial charge in [-0.2, -0.15) is 31.3 Å². The molecule has 21 heteroatoms. The third-order valence-electron chi connectivity index (χ3n) is 8.04. The Hall–Kier alpha value is -5.92. The Balaban J connectivity index is 0.000000410. The lowest BCUT2D eigenvalue weighted by Gasteiger charge is -2.31. The van der Waals surface area contributed by atoms with E-state index in [1.165, 1.54) is 0 Å². The van der Waals surface area contributed by atoms with E-state index in [1.807, 2.05) is 42.3 Å². The first-order valence-electron chi connectivity index (χ1n) is 16.2. The number of nitrogens with one attached hydrogen (secondary N) is 3. The molecular formula is C34H32ClF6N7O7. The lowest BCUT2D eigenvalue weighted by Crippen LogP contribution is -2.39. The number of hydrogen-bond donors (Lipinski definition) is 5. The van der Waals surface area contributed by atoms with Crippen LogP contribution in [0.15, 0.2) is 59.6 Å². The maximum atomic E-state index is 13.2. The zero-order valence-corrected chi connectivity index (χ0v) is 29.3. The normalized spacial score (nSPS) is 14.1. The van der Waals surface area contributed by atoms with Gasteiger partial charge in [0.25, 0.3) is 5.91 Å². The second-order valence-corrected chi connectivity index (χ2v) is 12.5. The Labute approximate surface area is 312 Å². The molecule has 4 aromatic rings. The highest BCUT2D eigenvalue weighted by atomic mass is 35.5. The summed E-state index contributed by atoms with van der Waals surface area (Å²) < 4.78 is 68.8. The van der Waals surface area contributed by atoms with E-state index in [4.69, 9.17) is 35.8 Å². The fourth-order valence-electron chi connectivity index (χ4n) is 5.29. The molecule has 2 amide bonds. The van der Waals surface area contributed by atoms with Crippen LogP contribution in [0.3, 0.4) is 0 Å². The van der Waals surface area contributed by atoms with Crippen LogP contribution in [0.1, 0.15) is 46.5 Å². The molecule has 6 bridgehead atoms. The zero-order chi connectivity index (χ0) is 40.5. The lowest BCUT2D eigenvalue weighted by molar-refractivity contribution is -0.193. The van der Waals surface area contributed by atoms with Crippen LogP contribution in [0.4, 0.5) is 55.2 Å². The number of likely N-dealkylation sites (tertiary alicyclic amines) is 1. The smallest absolute Gasteiger partial charge is 0.475 e. The van der Waals surface area contributed by atoms with Gasteiger partial charge in [0.1, 0.15) is 5.02 Å². The largest absolute Gasteiger partial charge is 0.490 e. The topological polar surface area (TPSA) is 200 Å². The van der Waals surface area contributed by atoms with Gasteiger partial charge in [-0.05, 0) is 80.0 Å². The Kier molecular flexibility index (Phi) is 13.6. The molecule has 1 saturated heterocycles. The lowest BCUT2D eigenvalue weighted by atomic mass is 9.93. The van der Waals surface area contributed by atoms with Gasteiger partial charge < -0.3 is 35.5 Å². The molecule has 294 valence electrons. The number of piperidine rings is 1. The van der Waals surface area contributed by atoms with E-state index in [-0.39, 0.29) is 17.7 Å². The number of carbonyl (C=O) groups excluding carboxylic acids is 2. The summed E-state index contributed by atoms with van der Waals surface area (Å²) in [5, 5.41) is 24.2. The summed E-state index contributed by atoms with van der Waals surface area (Å²) in [6, 6.07) is 9.63. The quantitative estimate of drug-likeness (QED) is 0.131. The van der Waals surface area contributed by atoms with Crippen LogP contribution in [0.5, 0.6) is 0 Å². The number of fused-ring (bicyclic) bond motifs is 6. The third kappa shape index (κ3) is 12.3. The zero-order valence-electron chi connectivity index (χ0n) is 28.6. The Bertz CT molecular complexity index is 1990. The molecule has 2 aliphatic rings. The molecule has 14 nitrogen and oxygen atoms in total. The van der Waals surface area contributed by atoms with Gasteiger partial charge in [0, 0.05) is 42.6 Å². The number of amides is 2. The van der Waals surface area contributed by atoms with Gasteiger partial charge in [-0.15, -0.1) is 0 Å². The molecule has 55 heavy (non-hydrogen) atoms. The van der Waals surface area contributed by atoms with E-state index in [0.29, 0.717) is 48.5 Å². The summed E-state index contributed by atoms with van der Waals surface area (Å²) in [5.41, 5.74) is 5.23. The minimum atomic E-state index is -5.08. The van der Waals surface area contributed by atoms with Crippen molar-refractivity contribution >= 4 is 64.2 Å². The Morgan fingerprint density at radius 1 is 0.927 bits per heavy atom. The summed E-state index contributed by atoms with van der Waals surface area (Å²) in [6.45, 7) is 3.09. The number of hydrogen-bond acceptors (Lipinski definition) is 10. The molecule has 2 aliphatic heterocycles.